The summed E-state index contributed by atoms with van der Waals surface area (Å²) in [5.74, 6) is 0.775. The molecule has 1 fully saturated rings. The molecule has 0 saturated heterocycles. The maximum atomic E-state index is 11.4. The number of rotatable bonds is 5. The Bertz CT molecular complexity index is 635. The number of benzene rings is 1. The van der Waals surface area contributed by atoms with Crippen LogP contribution >= 0.6 is 11.8 Å². The van der Waals surface area contributed by atoms with E-state index in [4.69, 9.17) is 4.74 Å². The van der Waals surface area contributed by atoms with Gasteiger partial charge in [0.25, 0.3) is 0 Å². The second kappa shape index (κ2) is 5.40. The Morgan fingerprint density at radius 1 is 1.40 bits per heavy atom. The van der Waals surface area contributed by atoms with Gasteiger partial charge in [0.15, 0.2) is 0 Å². The highest BCUT2D eigenvalue weighted by Crippen LogP contribution is 2.52. The minimum atomic E-state index is -0.118. The first-order valence-electron chi connectivity index (χ1n) is 6.62. The molecule has 3 rings (SSSR count). The maximum Gasteiger partial charge on any atom is 0.306 e. The lowest BCUT2D eigenvalue weighted by Gasteiger charge is -2.13. The van der Waals surface area contributed by atoms with Crippen molar-refractivity contribution in [3.63, 3.8) is 0 Å². The first-order valence-corrected chi connectivity index (χ1v) is 7.61. The van der Waals surface area contributed by atoms with Gasteiger partial charge in [0.05, 0.1) is 19.7 Å². The fourth-order valence-corrected chi connectivity index (χ4v) is 3.54. The van der Waals surface area contributed by atoms with E-state index >= 15 is 0 Å². The first kappa shape index (κ1) is 13.4. The van der Waals surface area contributed by atoms with Gasteiger partial charge in [0.2, 0.25) is 0 Å². The Labute approximate surface area is 121 Å². The average Bonchev–Trinajstić information content (AvgIpc) is 3.25. The van der Waals surface area contributed by atoms with Crippen molar-refractivity contribution in [3.8, 4) is 0 Å². The molecule has 5 heteroatoms. The van der Waals surface area contributed by atoms with E-state index in [2.05, 4.69) is 16.3 Å². The fourth-order valence-electron chi connectivity index (χ4n) is 2.26. The predicted octanol–water partition coefficient (Wildman–Crippen LogP) is 3.07. The largest absolute Gasteiger partial charge is 0.469 e. The van der Waals surface area contributed by atoms with Crippen molar-refractivity contribution in [2.24, 2.45) is 5.41 Å². The topological polar surface area (TPSA) is 52.1 Å². The lowest BCUT2D eigenvalue weighted by atomic mass is 10.1. The van der Waals surface area contributed by atoms with Gasteiger partial charge in [-0.1, -0.05) is 24.3 Å². The molecule has 2 aromatic rings. The molecule has 0 aliphatic heterocycles. The zero-order valence-electron chi connectivity index (χ0n) is 11.3. The van der Waals surface area contributed by atoms with Crippen LogP contribution in [-0.4, -0.2) is 29.0 Å². The third-order valence-electron chi connectivity index (χ3n) is 3.76. The Balaban J connectivity index is 1.73. The van der Waals surface area contributed by atoms with Crippen LogP contribution in [0.1, 0.15) is 19.3 Å². The van der Waals surface area contributed by atoms with Crippen LogP contribution < -0.4 is 0 Å². The van der Waals surface area contributed by atoms with E-state index in [1.807, 2.05) is 18.2 Å². The van der Waals surface area contributed by atoms with E-state index in [-0.39, 0.29) is 11.4 Å². The molecular weight excluding hydrogens is 272 g/mol. The number of esters is 1. The normalized spacial score (nSPS) is 16.1. The molecule has 0 bridgehead atoms. The lowest BCUT2D eigenvalue weighted by Crippen LogP contribution is -2.13. The van der Waals surface area contributed by atoms with E-state index in [9.17, 15) is 4.79 Å². The molecule has 4 nitrogen and oxygen atoms in total. The summed E-state index contributed by atoms with van der Waals surface area (Å²) in [5.41, 5.74) is 0.108. The van der Waals surface area contributed by atoms with Crippen LogP contribution in [0.3, 0.4) is 0 Å². The number of hydrogen-bond donors (Lipinski definition) is 0. The number of ether oxygens (including phenoxy) is 1. The van der Waals surface area contributed by atoms with Crippen LogP contribution in [0, 0.1) is 5.41 Å². The van der Waals surface area contributed by atoms with Gasteiger partial charge in [0, 0.05) is 16.5 Å². The second-order valence-electron chi connectivity index (χ2n) is 5.28. The number of aromatic nitrogens is 2. The van der Waals surface area contributed by atoms with E-state index in [0.717, 1.165) is 34.4 Å². The van der Waals surface area contributed by atoms with Crippen molar-refractivity contribution in [1.29, 1.82) is 0 Å². The zero-order chi connectivity index (χ0) is 14.0. The molecule has 0 atom stereocenters. The Morgan fingerprint density at radius 2 is 2.20 bits per heavy atom. The van der Waals surface area contributed by atoms with E-state index in [1.165, 1.54) is 7.11 Å². The molecule has 1 aromatic carbocycles. The summed E-state index contributed by atoms with van der Waals surface area (Å²) in [6, 6.07) is 8.11. The average molecular weight is 288 g/mol. The standard InChI is InChI=1S/C15H16N2O2S/c1-19-13(18)8-15(6-7-15)10-20-14-12-5-3-2-4-11(12)9-16-17-14/h2-5,9H,6-8,10H2,1H3. The van der Waals surface area contributed by atoms with Crippen molar-refractivity contribution in [2.45, 2.75) is 24.3 Å². The summed E-state index contributed by atoms with van der Waals surface area (Å²) < 4.78 is 4.77. The number of thioether (sulfide) groups is 1. The van der Waals surface area contributed by atoms with Crippen molar-refractivity contribution in [1.82, 2.24) is 10.2 Å². The highest BCUT2D eigenvalue weighted by molar-refractivity contribution is 7.99. The highest BCUT2D eigenvalue weighted by Gasteiger charge is 2.44. The Kier molecular flexibility index (Phi) is 3.61. The molecule has 1 aliphatic rings. The first-order chi connectivity index (χ1) is 9.72. The summed E-state index contributed by atoms with van der Waals surface area (Å²) in [5, 5.41) is 11.5. The third kappa shape index (κ3) is 2.77. The van der Waals surface area contributed by atoms with E-state index < -0.39 is 0 Å². The SMILES string of the molecule is COC(=O)CC1(CSc2nncc3ccccc23)CC1. The number of carbonyl (C=O) groups excluding carboxylic acids is 1. The summed E-state index contributed by atoms with van der Waals surface area (Å²) in [7, 11) is 1.45. The van der Waals surface area contributed by atoms with Crippen LogP contribution in [0.4, 0.5) is 0 Å². The molecule has 0 N–H and O–H groups in total. The molecule has 1 heterocycles. The summed E-state index contributed by atoms with van der Waals surface area (Å²) in [4.78, 5) is 11.4. The minimum absolute atomic E-state index is 0.108. The summed E-state index contributed by atoms with van der Waals surface area (Å²) in [6.07, 6.45) is 4.47. The second-order valence-corrected chi connectivity index (χ2v) is 6.24. The van der Waals surface area contributed by atoms with Gasteiger partial charge in [-0.25, -0.2) is 0 Å². The Morgan fingerprint density at radius 3 is 2.95 bits per heavy atom. The number of fused-ring (bicyclic) bond motifs is 1. The smallest absolute Gasteiger partial charge is 0.306 e. The molecule has 1 aliphatic carbocycles. The fraction of sp³-hybridized carbons (Fsp3) is 0.400. The number of nitrogens with zero attached hydrogens (tertiary/aromatic N) is 2. The third-order valence-corrected chi connectivity index (χ3v) is 5.09. The number of carbonyl (C=O) groups is 1. The molecule has 1 saturated carbocycles. The maximum absolute atomic E-state index is 11.4. The van der Waals surface area contributed by atoms with Gasteiger partial charge in [-0.2, -0.15) is 5.10 Å². The number of methoxy groups -OCH3 is 1. The monoisotopic (exact) mass is 288 g/mol. The molecular formula is C15H16N2O2S. The van der Waals surface area contributed by atoms with E-state index in [0.29, 0.717) is 6.42 Å². The molecule has 104 valence electrons. The Hall–Kier alpha value is -1.62. The molecule has 1 aromatic heterocycles. The van der Waals surface area contributed by atoms with Gasteiger partial charge in [-0.3, -0.25) is 4.79 Å². The van der Waals surface area contributed by atoms with Crippen LogP contribution in [-0.2, 0) is 9.53 Å². The zero-order valence-corrected chi connectivity index (χ0v) is 12.2. The van der Waals surface area contributed by atoms with Crippen molar-refractivity contribution in [2.75, 3.05) is 12.9 Å². The molecule has 0 spiro atoms. The van der Waals surface area contributed by atoms with E-state index in [1.54, 1.807) is 18.0 Å². The van der Waals surface area contributed by atoms with Crippen LogP contribution in [0.15, 0.2) is 35.5 Å². The molecule has 0 radical (unpaired) electrons. The van der Waals surface area contributed by atoms with Crippen LogP contribution in [0.5, 0.6) is 0 Å². The van der Waals surface area contributed by atoms with Gasteiger partial charge < -0.3 is 4.74 Å². The van der Waals surface area contributed by atoms with Gasteiger partial charge >= 0.3 is 5.97 Å². The van der Waals surface area contributed by atoms with Crippen LogP contribution in [0.2, 0.25) is 0 Å². The van der Waals surface area contributed by atoms with Gasteiger partial charge in [-0.05, 0) is 18.3 Å². The quantitative estimate of drug-likeness (QED) is 0.625. The summed E-state index contributed by atoms with van der Waals surface area (Å²) in [6.45, 7) is 0. The lowest BCUT2D eigenvalue weighted by molar-refractivity contribution is -0.141. The molecule has 20 heavy (non-hydrogen) atoms. The number of hydrogen-bond acceptors (Lipinski definition) is 5. The highest BCUT2D eigenvalue weighted by atomic mass is 32.2. The predicted molar refractivity (Wildman–Crippen MR) is 78.6 cm³/mol. The van der Waals surface area contributed by atoms with Crippen molar-refractivity contribution >= 4 is 28.5 Å². The molecule has 0 amide bonds. The van der Waals surface area contributed by atoms with Gasteiger partial charge in [0.1, 0.15) is 5.03 Å². The van der Waals surface area contributed by atoms with Crippen molar-refractivity contribution in [3.05, 3.63) is 30.5 Å². The summed E-state index contributed by atoms with van der Waals surface area (Å²) >= 11 is 1.69. The van der Waals surface area contributed by atoms with Crippen LogP contribution in [0.25, 0.3) is 10.8 Å². The van der Waals surface area contributed by atoms with Crippen molar-refractivity contribution < 1.29 is 9.53 Å². The van der Waals surface area contributed by atoms with Gasteiger partial charge in [-0.15, -0.1) is 16.9 Å². The molecule has 0 unspecified atom stereocenters. The minimum Gasteiger partial charge on any atom is -0.469 e.